The monoisotopic (exact) mass is 730 g/mol. The Labute approximate surface area is 306 Å². The number of ether oxygens (including phenoxy) is 2. The number of benzene rings is 2. The lowest BCUT2D eigenvalue weighted by Gasteiger charge is -2.46. The molecule has 3 aliphatic heterocycles. The summed E-state index contributed by atoms with van der Waals surface area (Å²) in [6.45, 7) is 4.87. The molecule has 2 aromatic carbocycles. The number of aryl methyl sites for hydroxylation is 3. The van der Waals surface area contributed by atoms with E-state index in [0.29, 0.717) is 41.7 Å². The average Bonchev–Trinajstić information content (AvgIpc) is 3.67. The number of fused-ring (bicyclic) bond motifs is 5. The normalized spacial score (nSPS) is 30.9. The van der Waals surface area contributed by atoms with E-state index >= 15 is 0 Å². The molecule has 51 heavy (non-hydrogen) atoms. The van der Waals surface area contributed by atoms with Gasteiger partial charge in [0.25, 0.3) is 11.8 Å². The topological polar surface area (TPSA) is 102 Å². The van der Waals surface area contributed by atoms with Crippen LogP contribution in [0.5, 0.6) is 5.75 Å². The van der Waals surface area contributed by atoms with Gasteiger partial charge in [0, 0.05) is 54.6 Å². The maximum absolute atomic E-state index is 14.6. The fraction of sp³-hybridized carbons (Fsp3) is 0.500. The lowest BCUT2D eigenvalue weighted by atomic mass is 9.68. The number of allylic oxidation sites excluding steroid dienone is 1. The van der Waals surface area contributed by atoms with Crippen LogP contribution in [-0.2, 0) is 39.5 Å². The third-order valence-electron chi connectivity index (χ3n) is 11.8. The second kappa shape index (κ2) is 13.7. The molecule has 2 amide bonds. The highest BCUT2D eigenvalue weighted by Crippen LogP contribution is 2.47. The first-order valence-electron chi connectivity index (χ1n) is 18.4. The van der Waals surface area contributed by atoms with Crippen molar-refractivity contribution >= 4 is 39.0 Å². The molecule has 8 rings (SSSR count). The van der Waals surface area contributed by atoms with Crippen LogP contribution in [0.3, 0.4) is 0 Å². The third kappa shape index (κ3) is 6.75. The van der Waals surface area contributed by atoms with E-state index in [-0.39, 0.29) is 23.2 Å². The van der Waals surface area contributed by atoms with E-state index in [1.165, 1.54) is 11.1 Å². The number of nitrogens with zero attached hydrogens (tertiary/aromatic N) is 3. The van der Waals surface area contributed by atoms with Gasteiger partial charge in [0.15, 0.2) is 0 Å². The summed E-state index contributed by atoms with van der Waals surface area (Å²) in [7, 11) is -1.71. The van der Waals surface area contributed by atoms with Gasteiger partial charge in [0.2, 0.25) is 0 Å². The molecule has 270 valence electrons. The number of rotatable bonds is 3. The van der Waals surface area contributed by atoms with Crippen LogP contribution in [0.1, 0.15) is 83.0 Å². The summed E-state index contributed by atoms with van der Waals surface area (Å²) in [6, 6.07) is 13.5. The van der Waals surface area contributed by atoms with Gasteiger partial charge >= 0.3 is 0 Å². The van der Waals surface area contributed by atoms with Crippen molar-refractivity contribution in [2.24, 2.45) is 22.1 Å². The van der Waals surface area contributed by atoms with Crippen molar-refractivity contribution < 1.29 is 23.3 Å². The first-order chi connectivity index (χ1) is 24.6. The van der Waals surface area contributed by atoms with E-state index in [4.69, 9.17) is 21.1 Å². The summed E-state index contributed by atoms with van der Waals surface area (Å²) in [5.74, 6) is 0.291. The number of hydrogen-bond acceptors (Lipinski definition) is 6. The van der Waals surface area contributed by atoms with Gasteiger partial charge in [-0.15, -0.1) is 4.36 Å². The second-order valence-electron chi connectivity index (χ2n) is 15.4. The summed E-state index contributed by atoms with van der Waals surface area (Å²) in [6.07, 6.45) is 13.7. The van der Waals surface area contributed by atoms with Crippen LogP contribution in [-0.4, -0.2) is 59.3 Å². The summed E-state index contributed by atoms with van der Waals surface area (Å²) in [5, 5.41) is 0.746. The minimum atomic E-state index is -3.49. The average molecular weight is 731 g/mol. The van der Waals surface area contributed by atoms with Gasteiger partial charge in [-0.1, -0.05) is 36.7 Å². The summed E-state index contributed by atoms with van der Waals surface area (Å²) >= 11 is 6.46. The van der Waals surface area contributed by atoms with Crippen LogP contribution < -0.4 is 14.4 Å². The first-order valence-corrected chi connectivity index (χ1v) is 20.5. The van der Waals surface area contributed by atoms with E-state index in [9.17, 15) is 13.8 Å². The highest BCUT2D eigenvalue weighted by molar-refractivity contribution is 7.92. The van der Waals surface area contributed by atoms with Gasteiger partial charge in [-0.2, -0.15) is 0 Å². The van der Waals surface area contributed by atoms with E-state index in [1.54, 1.807) is 19.4 Å². The number of amides is 2. The molecule has 1 fully saturated rings. The van der Waals surface area contributed by atoms with Crippen LogP contribution in [0.15, 0.2) is 65.2 Å². The largest absolute Gasteiger partial charge is 0.490 e. The van der Waals surface area contributed by atoms with Crippen LogP contribution >= 0.6 is 11.6 Å². The molecule has 6 atom stereocenters. The second-order valence-corrected chi connectivity index (χ2v) is 17.8. The quantitative estimate of drug-likeness (QED) is 0.287. The summed E-state index contributed by atoms with van der Waals surface area (Å²) in [5.41, 5.74) is 4.98. The predicted molar refractivity (Wildman–Crippen MR) is 200 cm³/mol. The zero-order valence-corrected chi connectivity index (χ0v) is 31.0. The number of anilines is 1. The Kier molecular flexibility index (Phi) is 9.30. The number of carbonyl (C=O) groups is 2. The molecule has 5 aliphatic rings. The molecule has 0 radical (unpaired) electrons. The molecule has 0 unspecified atom stereocenters. The van der Waals surface area contributed by atoms with Crippen LogP contribution in [0.2, 0.25) is 5.02 Å². The number of halogens is 1. The first kappa shape index (κ1) is 34.5. The minimum Gasteiger partial charge on any atom is -0.490 e. The van der Waals surface area contributed by atoms with E-state index < -0.39 is 21.7 Å². The highest BCUT2D eigenvalue weighted by Gasteiger charge is 2.44. The number of aromatic nitrogens is 1. The van der Waals surface area contributed by atoms with Crippen molar-refractivity contribution in [2.75, 3.05) is 37.5 Å². The number of methoxy groups -OCH3 is 1. The number of hydrogen-bond donors (Lipinski definition) is 1. The molecule has 2 aliphatic carbocycles. The Bertz CT molecular complexity index is 2000. The van der Waals surface area contributed by atoms with Crippen molar-refractivity contribution in [3.8, 4) is 5.75 Å². The lowest BCUT2D eigenvalue weighted by Crippen LogP contribution is -2.49. The third-order valence-corrected chi connectivity index (χ3v) is 14.1. The molecule has 1 N–H and O–H groups in total. The van der Waals surface area contributed by atoms with Crippen molar-refractivity contribution in [1.82, 2.24) is 9.29 Å². The molecular formula is C40H47ClN4O5S. The van der Waals surface area contributed by atoms with E-state index in [1.807, 2.05) is 31.2 Å². The van der Waals surface area contributed by atoms with Crippen molar-refractivity contribution in [1.29, 1.82) is 0 Å². The van der Waals surface area contributed by atoms with Gasteiger partial charge in [-0.25, -0.2) is 4.21 Å². The molecular weight excluding hydrogens is 684 g/mol. The molecule has 4 heterocycles. The fourth-order valence-electron chi connectivity index (χ4n) is 9.10. The van der Waals surface area contributed by atoms with Crippen molar-refractivity contribution in [2.45, 2.75) is 76.4 Å². The van der Waals surface area contributed by atoms with Gasteiger partial charge in [-0.05, 0) is 117 Å². The lowest BCUT2D eigenvalue weighted by molar-refractivity contribution is 0.0131. The molecule has 1 saturated carbocycles. The standard InChI is InChI=1S/C40H47ClN4O5S/c1-26-6-3-9-36(49-2)33-13-10-29(33)21-45-24-40(16-4-7-27-18-31(41)12-14-34(27)40)25-50-37-15-11-28(20-35(37)45)38(46)42-51(48,23-26)43-39(47)30-19-32-8-5-17-44(32)22-30/h3,9,11-12,14-15,18-20,22,26,29,33,36H,4-8,10,13,16-17,21,23-25H2,1-2H3,(H,42,43,46,47,48)/b9-3+/t26-,29-,33+,36-,40-,51-/m0/s1. The zero-order chi connectivity index (χ0) is 35.3. The van der Waals surface area contributed by atoms with Gasteiger partial charge in [-0.3, -0.25) is 14.3 Å². The zero-order valence-electron chi connectivity index (χ0n) is 29.4. The summed E-state index contributed by atoms with van der Waals surface area (Å²) < 4.78 is 36.4. The minimum absolute atomic E-state index is 0.0399. The Balaban J connectivity index is 1.19. The molecule has 3 aromatic rings. The van der Waals surface area contributed by atoms with Crippen molar-refractivity contribution in [3.05, 3.63) is 93.8 Å². The maximum Gasteiger partial charge on any atom is 0.286 e. The SMILES string of the molecule is CO[C@H]1/C=C/C[C@H](C)C[S@@](=O)(NC(=O)c2cc3n(c2)CCC3)=NC(=O)c2ccc3c(c2)N(C[C@@H]2CC[C@H]21)C[C@@]1(CCCc2cc(Cl)ccc21)CO3. The predicted octanol–water partition coefficient (Wildman–Crippen LogP) is 7.15. The van der Waals surface area contributed by atoms with Crippen LogP contribution in [0.4, 0.5) is 5.69 Å². The van der Waals surface area contributed by atoms with Gasteiger partial charge in [0.05, 0.1) is 29.7 Å². The highest BCUT2D eigenvalue weighted by atomic mass is 35.5. The van der Waals surface area contributed by atoms with Crippen LogP contribution in [0.25, 0.3) is 0 Å². The van der Waals surface area contributed by atoms with Gasteiger partial charge < -0.3 is 18.9 Å². The molecule has 9 nitrogen and oxygen atoms in total. The molecule has 11 heteroatoms. The molecule has 1 spiro atoms. The van der Waals surface area contributed by atoms with Crippen molar-refractivity contribution in [3.63, 3.8) is 0 Å². The number of nitrogens with one attached hydrogen (secondary N) is 1. The Hall–Kier alpha value is -3.60. The Morgan fingerprint density at radius 2 is 2.02 bits per heavy atom. The maximum atomic E-state index is 14.6. The van der Waals surface area contributed by atoms with E-state index in [0.717, 1.165) is 81.0 Å². The summed E-state index contributed by atoms with van der Waals surface area (Å²) in [4.78, 5) is 30.0. The molecule has 1 aromatic heterocycles. The molecule has 0 saturated heterocycles. The van der Waals surface area contributed by atoms with Crippen LogP contribution in [0, 0.1) is 17.8 Å². The number of carbonyl (C=O) groups excluding carboxylic acids is 2. The Morgan fingerprint density at radius 1 is 1.14 bits per heavy atom. The van der Waals surface area contributed by atoms with Gasteiger partial charge in [0.1, 0.15) is 15.7 Å². The smallest absolute Gasteiger partial charge is 0.286 e. The van der Waals surface area contributed by atoms with E-state index in [2.05, 4.69) is 42.8 Å². The molecule has 2 bridgehead atoms. The fourth-order valence-corrected chi connectivity index (χ4v) is 11.2. The Morgan fingerprint density at radius 3 is 2.82 bits per heavy atom.